The van der Waals surface area contributed by atoms with Crippen LogP contribution in [0.2, 0.25) is 5.02 Å². The molecule has 0 aromatic heterocycles. The summed E-state index contributed by atoms with van der Waals surface area (Å²) in [6.07, 6.45) is 0. The minimum atomic E-state index is -0.245. The lowest BCUT2D eigenvalue weighted by Crippen LogP contribution is -2.13. The van der Waals surface area contributed by atoms with Gasteiger partial charge in [-0.25, -0.2) is 0 Å². The number of nitrogen functional groups attached to an aromatic ring is 1. The summed E-state index contributed by atoms with van der Waals surface area (Å²) in [4.78, 5) is 12.3. The average molecular weight is 305 g/mol. The van der Waals surface area contributed by atoms with E-state index in [4.69, 9.17) is 22.1 Å². The fourth-order valence-corrected chi connectivity index (χ4v) is 2.22. The second-order valence-electron chi connectivity index (χ2n) is 4.89. The lowest BCUT2D eigenvalue weighted by molar-refractivity contribution is 0.102. The second-order valence-corrected chi connectivity index (χ2v) is 5.30. The normalized spacial score (nSPS) is 10.3. The number of ether oxygens (including phenoxy) is 1. The highest BCUT2D eigenvalue weighted by Gasteiger charge is 2.12. The zero-order valence-electron chi connectivity index (χ0n) is 12.2. The van der Waals surface area contributed by atoms with E-state index in [9.17, 15) is 4.79 Å². The largest absolute Gasteiger partial charge is 0.495 e. The number of nitrogens with two attached hydrogens (primary N) is 1. The monoisotopic (exact) mass is 304 g/mol. The smallest absolute Gasteiger partial charge is 0.255 e. The first-order valence-corrected chi connectivity index (χ1v) is 6.81. The molecule has 3 N–H and O–H groups in total. The molecule has 0 saturated carbocycles. The van der Waals surface area contributed by atoms with E-state index in [0.717, 1.165) is 11.1 Å². The van der Waals surface area contributed by atoms with Crippen LogP contribution in [0.25, 0.3) is 0 Å². The van der Waals surface area contributed by atoms with Crippen LogP contribution in [0.3, 0.4) is 0 Å². The third kappa shape index (κ3) is 3.47. The number of methoxy groups -OCH3 is 1. The highest BCUT2D eigenvalue weighted by Crippen LogP contribution is 2.31. The molecule has 0 atom stereocenters. The zero-order valence-corrected chi connectivity index (χ0v) is 12.9. The summed E-state index contributed by atoms with van der Waals surface area (Å²) in [5.74, 6) is 0.269. The van der Waals surface area contributed by atoms with Gasteiger partial charge in [-0.05, 0) is 49.2 Å². The average Bonchev–Trinajstić information content (AvgIpc) is 2.41. The van der Waals surface area contributed by atoms with Gasteiger partial charge in [0.15, 0.2) is 0 Å². The molecule has 0 radical (unpaired) electrons. The van der Waals surface area contributed by atoms with Crippen molar-refractivity contribution in [1.82, 2.24) is 0 Å². The molecule has 2 aromatic rings. The quantitative estimate of drug-likeness (QED) is 0.848. The van der Waals surface area contributed by atoms with Gasteiger partial charge in [-0.15, -0.1) is 0 Å². The van der Waals surface area contributed by atoms with E-state index in [-0.39, 0.29) is 5.91 Å². The van der Waals surface area contributed by atoms with Crippen LogP contribution in [0.5, 0.6) is 5.75 Å². The number of aryl methyl sites for hydroxylation is 2. The summed E-state index contributed by atoms with van der Waals surface area (Å²) >= 11 is 6.05. The summed E-state index contributed by atoms with van der Waals surface area (Å²) in [6.45, 7) is 3.75. The Morgan fingerprint density at radius 1 is 1.19 bits per heavy atom. The highest BCUT2D eigenvalue weighted by molar-refractivity contribution is 6.31. The molecule has 0 aliphatic rings. The Hall–Kier alpha value is -2.20. The predicted octanol–water partition coefficient (Wildman–Crippen LogP) is 3.80. The third-order valence-electron chi connectivity index (χ3n) is 3.09. The molecule has 0 fully saturated rings. The van der Waals surface area contributed by atoms with E-state index in [0.29, 0.717) is 27.7 Å². The fourth-order valence-electron chi connectivity index (χ4n) is 2.07. The fraction of sp³-hybridized carbons (Fsp3) is 0.188. The number of amides is 1. The van der Waals surface area contributed by atoms with Gasteiger partial charge in [0.05, 0.1) is 12.8 Å². The summed E-state index contributed by atoms with van der Waals surface area (Å²) in [7, 11) is 1.53. The molecule has 0 bridgehead atoms. The molecule has 0 heterocycles. The van der Waals surface area contributed by atoms with Crippen molar-refractivity contribution in [2.45, 2.75) is 13.8 Å². The van der Waals surface area contributed by atoms with E-state index >= 15 is 0 Å². The Labute approximate surface area is 128 Å². The topological polar surface area (TPSA) is 64.3 Å². The van der Waals surface area contributed by atoms with Crippen molar-refractivity contribution in [3.05, 3.63) is 52.0 Å². The molecule has 4 nitrogen and oxygen atoms in total. The van der Waals surface area contributed by atoms with Gasteiger partial charge in [0.2, 0.25) is 0 Å². The van der Waals surface area contributed by atoms with Gasteiger partial charge in [-0.2, -0.15) is 0 Å². The summed E-state index contributed by atoms with van der Waals surface area (Å²) in [5.41, 5.74) is 9.19. The molecule has 0 saturated heterocycles. The van der Waals surface area contributed by atoms with Crippen molar-refractivity contribution in [3.8, 4) is 5.75 Å². The maximum Gasteiger partial charge on any atom is 0.255 e. The molecule has 0 unspecified atom stereocenters. The van der Waals surface area contributed by atoms with Crippen LogP contribution >= 0.6 is 11.6 Å². The lowest BCUT2D eigenvalue weighted by Gasteiger charge is -2.13. The van der Waals surface area contributed by atoms with Crippen LogP contribution in [0.4, 0.5) is 11.4 Å². The van der Waals surface area contributed by atoms with Crippen LogP contribution in [-0.4, -0.2) is 13.0 Å². The van der Waals surface area contributed by atoms with E-state index in [1.54, 1.807) is 24.3 Å². The maximum atomic E-state index is 12.3. The number of halogens is 1. The molecule has 2 aromatic carbocycles. The van der Waals surface area contributed by atoms with Crippen molar-refractivity contribution in [3.63, 3.8) is 0 Å². The highest BCUT2D eigenvalue weighted by atomic mass is 35.5. The molecule has 0 aliphatic heterocycles. The van der Waals surface area contributed by atoms with Crippen molar-refractivity contribution in [2.75, 3.05) is 18.2 Å². The summed E-state index contributed by atoms with van der Waals surface area (Å²) < 4.78 is 5.24. The first-order chi connectivity index (χ1) is 9.90. The molecule has 0 aliphatic carbocycles. The van der Waals surface area contributed by atoms with Crippen LogP contribution in [0.1, 0.15) is 21.5 Å². The number of benzene rings is 2. The van der Waals surface area contributed by atoms with Gasteiger partial charge in [0, 0.05) is 22.3 Å². The molecule has 2 rings (SSSR count). The zero-order chi connectivity index (χ0) is 15.6. The van der Waals surface area contributed by atoms with Crippen molar-refractivity contribution < 1.29 is 9.53 Å². The van der Waals surface area contributed by atoms with Gasteiger partial charge in [-0.1, -0.05) is 11.6 Å². The van der Waals surface area contributed by atoms with Gasteiger partial charge < -0.3 is 15.8 Å². The van der Waals surface area contributed by atoms with Crippen molar-refractivity contribution >= 4 is 28.9 Å². The standard InChI is InChI=1S/C16H17ClN2O2/c1-9-4-11(7-12(18)5-9)16(20)19-14-6-10(2)13(17)8-15(14)21-3/h4-8H,18H2,1-3H3,(H,19,20). The van der Waals surface area contributed by atoms with Crippen LogP contribution in [-0.2, 0) is 0 Å². The molecule has 1 amide bonds. The number of rotatable bonds is 3. The number of carbonyl (C=O) groups is 1. The number of hydrogen-bond acceptors (Lipinski definition) is 3. The number of carbonyl (C=O) groups excluding carboxylic acids is 1. The lowest BCUT2D eigenvalue weighted by atomic mass is 10.1. The SMILES string of the molecule is COc1cc(Cl)c(C)cc1NC(=O)c1cc(C)cc(N)c1. The van der Waals surface area contributed by atoms with Gasteiger partial charge in [0.1, 0.15) is 5.75 Å². The van der Waals surface area contributed by atoms with Gasteiger partial charge in [-0.3, -0.25) is 4.79 Å². The Morgan fingerprint density at radius 3 is 2.52 bits per heavy atom. The maximum absolute atomic E-state index is 12.3. The third-order valence-corrected chi connectivity index (χ3v) is 3.50. The van der Waals surface area contributed by atoms with Crippen LogP contribution in [0, 0.1) is 13.8 Å². The summed E-state index contributed by atoms with van der Waals surface area (Å²) in [5, 5.41) is 3.41. The number of nitrogens with one attached hydrogen (secondary N) is 1. The Morgan fingerprint density at radius 2 is 1.90 bits per heavy atom. The van der Waals surface area contributed by atoms with E-state index in [1.165, 1.54) is 7.11 Å². The van der Waals surface area contributed by atoms with Gasteiger partial charge >= 0.3 is 0 Å². The summed E-state index contributed by atoms with van der Waals surface area (Å²) in [6, 6.07) is 8.68. The predicted molar refractivity (Wildman–Crippen MR) is 86.3 cm³/mol. The number of anilines is 2. The van der Waals surface area contributed by atoms with E-state index in [1.807, 2.05) is 19.9 Å². The van der Waals surface area contributed by atoms with Crippen molar-refractivity contribution in [1.29, 1.82) is 0 Å². The van der Waals surface area contributed by atoms with Crippen LogP contribution < -0.4 is 15.8 Å². The Kier molecular flexibility index (Phi) is 4.38. The minimum absolute atomic E-state index is 0.245. The van der Waals surface area contributed by atoms with E-state index in [2.05, 4.69) is 5.32 Å². The second kappa shape index (κ2) is 6.06. The Balaban J connectivity index is 2.33. The molecule has 5 heteroatoms. The molecule has 110 valence electrons. The molecular weight excluding hydrogens is 288 g/mol. The first-order valence-electron chi connectivity index (χ1n) is 6.43. The molecular formula is C16H17ClN2O2. The molecule has 21 heavy (non-hydrogen) atoms. The Bertz CT molecular complexity index is 679. The van der Waals surface area contributed by atoms with Gasteiger partial charge in [0.25, 0.3) is 5.91 Å². The minimum Gasteiger partial charge on any atom is -0.495 e. The number of hydrogen-bond donors (Lipinski definition) is 2. The van der Waals surface area contributed by atoms with Crippen LogP contribution in [0.15, 0.2) is 30.3 Å². The van der Waals surface area contributed by atoms with E-state index < -0.39 is 0 Å². The molecule has 0 spiro atoms. The first kappa shape index (κ1) is 15.2. The van der Waals surface area contributed by atoms with Crippen molar-refractivity contribution in [2.24, 2.45) is 0 Å².